The van der Waals surface area contributed by atoms with E-state index in [2.05, 4.69) is 15.9 Å². The first-order valence-electron chi connectivity index (χ1n) is 6.93. The van der Waals surface area contributed by atoms with Crippen molar-refractivity contribution in [3.8, 4) is 0 Å². The molecular weight excluding hydrogens is 378 g/mol. The Labute approximate surface area is 145 Å². The van der Waals surface area contributed by atoms with Crippen LogP contribution in [0.2, 0.25) is 5.02 Å². The average Bonchev–Trinajstić information content (AvgIpc) is 2.54. The Morgan fingerprint density at radius 2 is 1.48 bits per heavy atom. The second kappa shape index (κ2) is 5.18. The van der Waals surface area contributed by atoms with E-state index in [4.69, 9.17) is 11.6 Å². The second-order valence-corrected chi connectivity index (χ2v) is 6.57. The van der Waals surface area contributed by atoms with Crippen molar-refractivity contribution in [2.24, 2.45) is 0 Å². The Kier molecular flexibility index (Phi) is 3.25. The van der Waals surface area contributed by atoms with Crippen molar-refractivity contribution >= 4 is 55.8 Å². The first-order chi connectivity index (χ1) is 11.1. The maximum Gasteiger partial charge on any atom is 0.266 e. The number of halogens is 2. The van der Waals surface area contributed by atoms with E-state index in [0.717, 1.165) is 14.8 Å². The van der Waals surface area contributed by atoms with Crippen LogP contribution in [0.4, 0.5) is 5.69 Å². The molecule has 2 amide bonds. The predicted molar refractivity (Wildman–Crippen MR) is 94.2 cm³/mol. The quantitative estimate of drug-likeness (QED) is 0.548. The molecule has 1 aliphatic rings. The van der Waals surface area contributed by atoms with Gasteiger partial charge in [-0.25, -0.2) is 4.90 Å². The van der Waals surface area contributed by atoms with Crippen LogP contribution < -0.4 is 4.90 Å². The van der Waals surface area contributed by atoms with Crippen LogP contribution in [0.15, 0.2) is 59.1 Å². The number of imide groups is 1. The molecule has 5 heteroatoms. The fraction of sp³-hybridized carbons (Fsp3) is 0. The van der Waals surface area contributed by atoms with Crippen molar-refractivity contribution in [1.29, 1.82) is 0 Å². The largest absolute Gasteiger partial charge is 0.268 e. The highest BCUT2D eigenvalue weighted by molar-refractivity contribution is 9.10. The van der Waals surface area contributed by atoms with E-state index in [1.54, 1.807) is 30.3 Å². The number of anilines is 1. The fourth-order valence-electron chi connectivity index (χ4n) is 2.91. The monoisotopic (exact) mass is 385 g/mol. The van der Waals surface area contributed by atoms with E-state index in [-0.39, 0.29) is 11.8 Å². The molecule has 23 heavy (non-hydrogen) atoms. The summed E-state index contributed by atoms with van der Waals surface area (Å²) in [6, 6.07) is 16.0. The van der Waals surface area contributed by atoms with E-state index in [9.17, 15) is 9.59 Å². The number of rotatable bonds is 1. The number of hydrogen-bond acceptors (Lipinski definition) is 2. The van der Waals surface area contributed by atoms with Gasteiger partial charge in [-0.2, -0.15) is 0 Å². The summed E-state index contributed by atoms with van der Waals surface area (Å²) in [7, 11) is 0. The molecule has 0 unspecified atom stereocenters. The van der Waals surface area contributed by atoms with Gasteiger partial charge in [0.2, 0.25) is 0 Å². The number of carbonyl (C=O) groups excluding carboxylic acids is 2. The Bertz CT molecular complexity index is 949. The van der Waals surface area contributed by atoms with Crippen molar-refractivity contribution in [3.05, 3.63) is 75.2 Å². The summed E-state index contributed by atoms with van der Waals surface area (Å²) in [5.74, 6) is -0.716. The van der Waals surface area contributed by atoms with Gasteiger partial charge in [0.05, 0.1) is 10.7 Å². The van der Waals surface area contributed by atoms with Crippen molar-refractivity contribution in [2.45, 2.75) is 0 Å². The minimum atomic E-state index is -0.358. The Balaban J connectivity index is 1.99. The summed E-state index contributed by atoms with van der Waals surface area (Å²) in [5.41, 5.74) is 1.41. The molecular formula is C18H9BrClNO2. The standard InChI is InChI=1S/C18H9BrClNO2/c19-11-7-8-15(14(20)9-11)21-17(22)12-5-1-3-10-4-2-6-13(16(10)12)18(21)23/h1-9H. The van der Waals surface area contributed by atoms with E-state index >= 15 is 0 Å². The van der Waals surface area contributed by atoms with Gasteiger partial charge in [0.15, 0.2) is 0 Å². The van der Waals surface area contributed by atoms with E-state index < -0.39 is 0 Å². The van der Waals surface area contributed by atoms with Gasteiger partial charge in [-0.3, -0.25) is 9.59 Å². The highest BCUT2D eigenvalue weighted by atomic mass is 79.9. The maximum absolute atomic E-state index is 12.9. The molecule has 0 radical (unpaired) electrons. The zero-order valence-electron chi connectivity index (χ0n) is 11.7. The van der Waals surface area contributed by atoms with Crippen molar-refractivity contribution in [1.82, 2.24) is 0 Å². The lowest BCUT2D eigenvalue weighted by Crippen LogP contribution is -2.40. The van der Waals surface area contributed by atoms with Crippen LogP contribution in [0.25, 0.3) is 10.8 Å². The van der Waals surface area contributed by atoms with Crippen LogP contribution in [0.3, 0.4) is 0 Å². The average molecular weight is 387 g/mol. The molecule has 0 aromatic heterocycles. The number of benzene rings is 3. The Morgan fingerprint density at radius 3 is 2.04 bits per heavy atom. The summed E-state index contributed by atoms with van der Waals surface area (Å²) in [4.78, 5) is 26.9. The SMILES string of the molecule is O=C1c2cccc3cccc(c23)C(=O)N1c1ccc(Br)cc1Cl. The lowest BCUT2D eigenvalue weighted by molar-refractivity contribution is 0.0893. The lowest BCUT2D eigenvalue weighted by Gasteiger charge is -2.27. The summed E-state index contributed by atoms with van der Waals surface area (Å²) >= 11 is 9.57. The summed E-state index contributed by atoms with van der Waals surface area (Å²) in [6.45, 7) is 0. The van der Waals surface area contributed by atoms with Gasteiger partial charge < -0.3 is 0 Å². The second-order valence-electron chi connectivity index (χ2n) is 5.25. The van der Waals surface area contributed by atoms with Crippen molar-refractivity contribution < 1.29 is 9.59 Å². The molecule has 0 fully saturated rings. The van der Waals surface area contributed by atoms with Crippen LogP contribution in [-0.4, -0.2) is 11.8 Å². The third kappa shape index (κ3) is 2.10. The molecule has 0 spiro atoms. The van der Waals surface area contributed by atoms with Crippen LogP contribution in [0.1, 0.15) is 20.7 Å². The molecule has 0 bridgehead atoms. The first kappa shape index (κ1) is 14.4. The number of hydrogen-bond donors (Lipinski definition) is 0. The van der Waals surface area contributed by atoms with Crippen LogP contribution in [0.5, 0.6) is 0 Å². The third-order valence-electron chi connectivity index (χ3n) is 3.92. The molecule has 4 rings (SSSR count). The molecule has 1 heterocycles. The van der Waals surface area contributed by atoms with Crippen LogP contribution >= 0.6 is 27.5 Å². The van der Waals surface area contributed by atoms with Gasteiger partial charge in [-0.1, -0.05) is 51.8 Å². The number of nitrogens with zero attached hydrogens (tertiary/aromatic N) is 1. The normalized spacial score (nSPS) is 13.7. The topological polar surface area (TPSA) is 37.4 Å². The molecule has 112 valence electrons. The molecule has 0 saturated heterocycles. The molecule has 3 aromatic carbocycles. The number of carbonyl (C=O) groups is 2. The third-order valence-corrected chi connectivity index (χ3v) is 4.72. The molecule has 0 saturated carbocycles. The van der Waals surface area contributed by atoms with Gasteiger partial charge in [-0.15, -0.1) is 0 Å². The highest BCUT2D eigenvalue weighted by Gasteiger charge is 2.34. The molecule has 1 aliphatic heterocycles. The minimum absolute atomic E-state index is 0.340. The van der Waals surface area contributed by atoms with Crippen LogP contribution in [-0.2, 0) is 0 Å². The van der Waals surface area contributed by atoms with E-state index in [1.807, 2.05) is 24.3 Å². The highest BCUT2D eigenvalue weighted by Crippen LogP contribution is 2.36. The predicted octanol–water partition coefficient (Wildman–Crippen LogP) is 5.06. The van der Waals surface area contributed by atoms with E-state index in [1.165, 1.54) is 0 Å². The Morgan fingerprint density at radius 1 is 0.870 bits per heavy atom. The Hall–Kier alpha value is -2.17. The zero-order valence-corrected chi connectivity index (χ0v) is 14.1. The van der Waals surface area contributed by atoms with Gasteiger partial charge in [0.1, 0.15) is 0 Å². The summed E-state index contributed by atoms with van der Waals surface area (Å²) in [6.07, 6.45) is 0. The lowest BCUT2D eigenvalue weighted by atomic mass is 9.94. The van der Waals surface area contributed by atoms with Gasteiger partial charge >= 0.3 is 0 Å². The fourth-order valence-corrected chi connectivity index (χ4v) is 3.67. The molecule has 3 aromatic rings. The van der Waals surface area contributed by atoms with Gasteiger partial charge in [0, 0.05) is 21.0 Å². The minimum Gasteiger partial charge on any atom is -0.268 e. The van der Waals surface area contributed by atoms with E-state index in [0.29, 0.717) is 27.2 Å². The van der Waals surface area contributed by atoms with Crippen LogP contribution in [0, 0.1) is 0 Å². The molecule has 3 nitrogen and oxygen atoms in total. The smallest absolute Gasteiger partial charge is 0.266 e. The number of amides is 2. The molecule has 0 aliphatic carbocycles. The molecule has 0 atom stereocenters. The summed E-state index contributed by atoms with van der Waals surface area (Å²) < 4.78 is 0.783. The summed E-state index contributed by atoms with van der Waals surface area (Å²) in [5, 5.41) is 1.92. The van der Waals surface area contributed by atoms with Crippen molar-refractivity contribution in [3.63, 3.8) is 0 Å². The molecule has 0 N–H and O–H groups in total. The zero-order chi connectivity index (χ0) is 16.1. The first-order valence-corrected chi connectivity index (χ1v) is 8.10. The van der Waals surface area contributed by atoms with Gasteiger partial charge in [0.25, 0.3) is 11.8 Å². The maximum atomic E-state index is 12.9. The van der Waals surface area contributed by atoms with Crippen molar-refractivity contribution in [2.75, 3.05) is 4.90 Å². The van der Waals surface area contributed by atoms with Gasteiger partial charge in [-0.05, 0) is 35.7 Å².